The number of carbonyl (C=O) groups is 3. The summed E-state index contributed by atoms with van der Waals surface area (Å²) in [6.07, 6.45) is -14.1. The second-order valence-corrected chi connectivity index (χ2v) is 16.9. The number of hydrogen-bond acceptors (Lipinski definition) is 19. The molecule has 6 unspecified atom stereocenters. The van der Waals surface area contributed by atoms with E-state index in [0.717, 1.165) is 12.8 Å². The molecule has 3 aliphatic carbocycles. The SMILES string of the molecule is O=C(O)CC(=O)O[C@H]1[C@H](O)[C@@H](O)[C@H](OC2CC(O)CC3OC(C4CCC(O)CC4)C(O[C@@H]4O[C@H](COC(=O)C=CC5CCC(O)CC5)[C@@H](O)[C@H](O)[C@H]4O)CC32)O[C@@H]1CO. The monoisotopic (exact) mass is 848 g/mol. The van der Waals surface area contributed by atoms with Crippen molar-refractivity contribution >= 4 is 17.9 Å². The van der Waals surface area contributed by atoms with Crippen molar-refractivity contribution in [3.05, 3.63) is 12.2 Å². The van der Waals surface area contributed by atoms with E-state index in [0.29, 0.717) is 38.5 Å². The van der Waals surface area contributed by atoms with E-state index in [1.165, 1.54) is 6.08 Å². The summed E-state index contributed by atoms with van der Waals surface area (Å²) in [7, 11) is 0. The Bertz CT molecular complexity index is 1410. The van der Waals surface area contributed by atoms with Gasteiger partial charge in [-0.25, -0.2) is 4.79 Å². The van der Waals surface area contributed by atoms with Crippen molar-refractivity contribution in [1.29, 1.82) is 0 Å². The van der Waals surface area contributed by atoms with Gasteiger partial charge in [0.1, 0.15) is 55.8 Å². The minimum Gasteiger partial charge on any atom is -0.481 e. The van der Waals surface area contributed by atoms with E-state index in [9.17, 15) is 60.3 Å². The lowest BCUT2D eigenvalue weighted by Gasteiger charge is -2.52. The van der Waals surface area contributed by atoms with Gasteiger partial charge >= 0.3 is 17.9 Å². The fraction of sp³-hybridized carbons (Fsp3) is 0.872. The molecule has 16 atom stereocenters. The van der Waals surface area contributed by atoms with E-state index >= 15 is 0 Å². The summed E-state index contributed by atoms with van der Waals surface area (Å²) in [5, 5.41) is 105. The highest BCUT2D eigenvalue weighted by Gasteiger charge is 2.54. The van der Waals surface area contributed by atoms with E-state index < -0.39 is 141 Å². The summed E-state index contributed by atoms with van der Waals surface area (Å²) in [4.78, 5) is 35.6. The number of carboxylic acid groups (broad SMARTS) is 1. The van der Waals surface area contributed by atoms with Crippen LogP contribution in [0.5, 0.6) is 0 Å². The van der Waals surface area contributed by atoms with Crippen molar-refractivity contribution in [2.45, 2.75) is 181 Å². The van der Waals surface area contributed by atoms with Crippen LogP contribution in [0.15, 0.2) is 12.2 Å². The normalized spacial score (nSPS) is 45.6. The highest BCUT2D eigenvalue weighted by molar-refractivity contribution is 5.90. The molecule has 336 valence electrons. The van der Waals surface area contributed by atoms with Crippen molar-refractivity contribution in [1.82, 2.24) is 0 Å². The van der Waals surface area contributed by atoms with Crippen molar-refractivity contribution in [2.24, 2.45) is 17.8 Å². The van der Waals surface area contributed by atoms with Crippen LogP contribution in [-0.4, -0.2) is 186 Å². The molecule has 0 aromatic carbocycles. The molecule has 0 amide bonds. The van der Waals surface area contributed by atoms with E-state index in [1.807, 2.05) is 0 Å². The first kappa shape index (κ1) is 46.1. The Hall–Kier alpha value is -2.41. The van der Waals surface area contributed by atoms with Crippen molar-refractivity contribution < 1.29 is 98.6 Å². The van der Waals surface area contributed by atoms with Crippen molar-refractivity contribution in [2.75, 3.05) is 13.2 Å². The molecule has 0 bridgehead atoms. The average Bonchev–Trinajstić information content (AvgIpc) is 3.20. The second-order valence-electron chi connectivity index (χ2n) is 16.9. The van der Waals surface area contributed by atoms with Gasteiger partial charge in [0.15, 0.2) is 18.7 Å². The van der Waals surface area contributed by atoms with Gasteiger partial charge in [0.2, 0.25) is 0 Å². The molecule has 3 heterocycles. The first-order valence-corrected chi connectivity index (χ1v) is 20.7. The smallest absolute Gasteiger partial charge is 0.330 e. The number of aliphatic hydroxyl groups is 9. The topological polar surface area (TPSA) is 318 Å². The van der Waals surface area contributed by atoms with E-state index in [-0.39, 0.29) is 37.2 Å². The summed E-state index contributed by atoms with van der Waals surface area (Å²) in [5.74, 6) is -4.04. The molecule has 0 aromatic heterocycles. The molecular weight excluding hydrogens is 788 g/mol. The van der Waals surface area contributed by atoms with Gasteiger partial charge in [-0.15, -0.1) is 0 Å². The summed E-state index contributed by atoms with van der Waals surface area (Å²) in [5.41, 5.74) is 0. The molecule has 0 aromatic rings. The van der Waals surface area contributed by atoms with Gasteiger partial charge in [-0.05, 0) is 76.0 Å². The fourth-order valence-electron chi connectivity index (χ4n) is 9.37. The van der Waals surface area contributed by atoms with Gasteiger partial charge in [0, 0.05) is 18.4 Å². The first-order valence-electron chi connectivity index (χ1n) is 20.7. The maximum Gasteiger partial charge on any atom is 0.330 e. The molecular formula is C39H60O20. The predicted molar refractivity (Wildman–Crippen MR) is 194 cm³/mol. The van der Waals surface area contributed by atoms with Gasteiger partial charge in [0.25, 0.3) is 0 Å². The third-order valence-corrected chi connectivity index (χ3v) is 12.7. The number of hydrogen-bond donors (Lipinski definition) is 10. The van der Waals surface area contributed by atoms with Crippen LogP contribution >= 0.6 is 0 Å². The fourth-order valence-corrected chi connectivity index (χ4v) is 9.37. The quantitative estimate of drug-likeness (QED) is 0.0521. The maximum atomic E-state index is 12.6. The maximum absolute atomic E-state index is 12.6. The highest BCUT2D eigenvalue weighted by Crippen LogP contribution is 2.45. The van der Waals surface area contributed by atoms with Crippen molar-refractivity contribution in [3.63, 3.8) is 0 Å². The summed E-state index contributed by atoms with van der Waals surface area (Å²) < 4.78 is 41.3. The van der Waals surface area contributed by atoms with Crippen LogP contribution in [0.2, 0.25) is 0 Å². The number of allylic oxidation sites excluding steroid dienone is 1. The van der Waals surface area contributed by atoms with Crippen LogP contribution in [0.25, 0.3) is 0 Å². The molecule has 6 rings (SSSR count). The summed E-state index contributed by atoms with van der Waals surface area (Å²) in [6, 6.07) is 0. The zero-order chi connectivity index (χ0) is 42.5. The number of rotatable bonds is 13. The number of carbonyl (C=O) groups excluding carboxylic acids is 2. The van der Waals surface area contributed by atoms with Gasteiger partial charge in [-0.1, -0.05) is 6.08 Å². The molecule has 6 aliphatic rings. The molecule has 3 aliphatic heterocycles. The van der Waals surface area contributed by atoms with E-state index in [1.54, 1.807) is 6.08 Å². The van der Waals surface area contributed by atoms with Crippen LogP contribution in [0.3, 0.4) is 0 Å². The van der Waals surface area contributed by atoms with Crippen LogP contribution < -0.4 is 0 Å². The Kier molecular flexibility index (Phi) is 16.1. The number of carboxylic acids is 1. The number of esters is 2. The zero-order valence-corrected chi connectivity index (χ0v) is 32.7. The molecule has 0 radical (unpaired) electrons. The Morgan fingerprint density at radius 3 is 1.90 bits per heavy atom. The highest BCUT2D eigenvalue weighted by atomic mass is 16.7. The molecule has 20 nitrogen and oxygen atoms in total. The third kappa shape index (κ3) is 11.5. The number of aliphatic hydroxyl groups excluding tert-OH is 9. The lowest BCUT2D eigenvalue weighted by atomic mass is 9.73. The lowest BCUT2D eigenvalue weighted by Crippen LogP contribution is -2.63. The molecule has 10 N–H and O–H groups in total. The lowest BCUT2D eigenvalue weighted by molar-refractivity contribution is -0.344. The Morgan fingerprint density at radius 2 is 1.25 bits per heavy atom. The van der Waals surface area contributed by atoms with Crippen LogP contribution in [0.4, 0.5) is 0 Å². The van der Waals surface area contributed by atoms with Crippen LogP contribution in [0.1, 0.15) is 77.0 Å². The molecule has 20 heteroatoms. The zero-order valence-electron chi connectivity index (χ0n) is 32.7. The largest absolute Gasteiger partial charge is 0.481 e. The Balaban J connectivity index is 1.15. The number of aliphatic carboxylic acids is 1. The van der Waals surface area contributed by atoms with Crippen molar-refractivity contribution in [3.8, 4) is 0 Å². The van der Waals surface area contributed by atoms with Crippen LogP contribution in [-0.2, 0) is 47.5 Å². The third-order valence-electron chi connectivity index (χ3n) is 12.7. The number of fused-ring (bicyclic) bond motifs is 1. The molecule has 3 saturated carbocycles. The minimum atomic E-state index is -1.86. The molecule has 59 heavy (non-hydrogen) atoms. The van der Waals surface area contributed by atoms with E-state index in [4.69, 9.17) is 38.3 Å². The summed E-state index contributed by atoms with van der Waals surface area (Å²) >= 11 is 0. The first-order chi connectivity index (χ1) is 28.1. The average molecular weight is 849 g/mol. The van der Waals surface area contributed by atoms with Gasteiger partial charge in [-0.3, -0.25) is 9.59 Å². The predicted octanol–water partition coefficient (Wildman–Crippen LogP) is -2.48. The Morgan fingerprint density at radius 1 is 0.644 bits per heavy atom. The second kappa shape index (κ2) is 20.6. The van der Waals surface area contributed by atoms with E-state index in [2.05, 4.69) is 0 Å². The van der Waals surface area contributed by atoms with Gasteiger partial charge in [-0.2, -0.15) is 0 Å². The summed E-state index contributed by atoms with van der Waals surface area (Å²) in [6.45, 7) is -1.29. The Labute approximate surface area is 340 Å². The molecule has 6 fully saturated rings. The standard InChI is InChI=1S/C39H60O20/c40-15-26-37(59-30(47)14-28(44)45)33(50)35(52)39(57-26)55-24-12-21(43)11-23-22(24)13-25(36(54-23)18-4-8-20(42)9-5-18)56-38-34(51)32(49)31(48)27(58-38)16-53-29(46)10-3-17-1-6-19(41)7-2-17/h3,10,17-27,31-43,48-52H,1-2,4-9,11-16H2,(H,44,45)/t17?,18?,19?,20?,21?,22?,23?,24?,25?,26-,27-,31-,32+,33-,34-,35-,36?,37-,38-,39-/m1/s1. The number of ether oxygens (including phenoxy) is 7. The van der Waals surface area contributed by atoms with Crippen LogP contribution in [0, 0.1) is 17.8 Å². The van der Waals surface area contributed by atoms with Gasteiger partial charge < -0.3 is 84.2 Å². The minimum absolute atomic E-state index is 0.0130. The molecule has 3 saturated heterocycles. The van der Waals surface area contributed by atoms with Gasteiger partial charge in [0.05, 0.1) is 49.3 Å². The molecule has 0 spiro atoms.